The number of carbonyl (C=O) groups excluding carboxylic acids is 2. The zero-order valence-corrected chi connectivity index (χ0v) is 10.4. The SMILES string of the molecule is O=C(O)CNC(=O)c1cc(O)ccc1CNC(=O)CO. The Hall–Kier alpha value is -2.61. The number of carboxylic acids is 1. The molecule has 108 valence electrons. The molecule has 1 rings (SSSR count). The number of hydrogen-bond acceptors (Lipinski definition) is 5. The zero-order chi connectivity index (χ0) is 15.1. The number of hydrogen-bond donors (Lipinski definition) is 5. The second kappa shape index (κ2) is 7.10. The molecule has 0 saturated heterocycles. The first-order valence-corrected chi connectivity index (χ1v) is 5.63. The molecule has 1 aromatic rings. The van der Waals surface area contributed by atoms with Gasteiger partial charge in [-0.1, -0.05) is 6.07 Å². The molecule has 8 heteroatoms. The molecule has 0 saturated carbocycles. The summed E-state index contributed by atoms with van der Waals surface area (Å²) in [7, 11) is 0. The molecule has 0 aliphatic heterocycles. The van der Waals surface area contributed by atoms with Gasteiger partial charge in [0.15, 0.2) is 0 Å². The minimum atomic E-state index is -1.20. The van der Waals surface area contributed by atoms with E-state index in [0.29, 0.717) is 5.56 Å². The molecule has 0 bridgehead atoms. The molecule has 0 atom stereocenters. The number of aliphatic hydroxyl groups is 1. The van der Waals surface area contributed by atoms with Gasteiger partial charge >= 0.3 is 5.97 Å². The number of carboxylic acid groups (broad SMARTS) is 1. The molecule has 0 heterocycles. The van der Waals surface area contributed by atoms with Crippen molar-refractivity contribution in [1.82, 2.24) is 10.6 Å². The fraction of sp³-hybridized carbons (Fsp3) is 0.250. The average Bonchev–Trinajstić information content (AvgIpc) is 2.42. The van der Waals surface area contributed by atoms with E-state index < -0.39 is 30.9 Å². The lowest BCUT2D eigenvalue weighted by Gasteiger charge is -2.10. The van der Waals surface area contributed by atoms with Crippen LogP contribution in [-0.2, 0) is 16.1 Å². The molecule has 5 N–H and O–H groups in total. The van der Waals surface area contributed by atoms with Gasteiger partial charge in [-0.2, -0.15) is 0 Å². The Morgan fingerprint density at radius 3 is 2.45 bits per heavy atom. The first kappa shape index (κ1) is 15.4. The van der Waals surface area contributed by atoms with Gasteiger partial charge in [0.05, 0.1) is 0 Å². The van der Waals surface area contributed by atoms with Crippen molar-refractivity contribution in [2.45, 2.75) is 6.54 Å². The minimum Gasteiger partial charge on any atom is -0.508 e. The van der Waals surface area contributed by atoms with Gasteiger partial charge in [0.2, 0.25) is 5.91 Å². The molecule has 0 aliphatic rings. The number of rotatable bonds is 6. The van der Waals surface area contributed by atoms with E-state index in [1.54, 1.807) is 0 Å². The molecule has 0 radical (unpaired) electrons. The molecule has 8 nitrogen and oxygen atoms in total. The molecular formula is C12H14N2O6. The van der Waals surface area contributed by atoms with Crippen LogP contribution in [-0.4, -0.2) is 46.3 Å². The molecule has 0 fully saturated rings. The van der Waals surface area contributed by atoms with E-state index in [1.807, 2.05) is 0 Å². The number of phenolic OH excluding ortho intramolecular Hbond substituents is 1. The summed E-state index contributed by atoms with van der Waals surface area (Å²) < 4.78 is 0. The van der Waals surface area contributed by atoms with Gasteiger partial charge in [0.1, 0.15) is 18.9 Å². The van der Waals surface area contributed by atoms with Crippen molar-refractivity contribution in [2.24, 2.45) is 0 Å². The van der Waals surface area contributed by atoms with Crippen molar-refractivity contribution in [2.75, 3.05) is 13.2 Å². The first-order chi connectivity index (χ1) is 9.43. The van der Waals surface area contributed by atoms with E-state index in [1.165, 1.54) is 12.1 Å². The lowest BCUT2D eigenvalue weighted by Crippen LogP contribution is -2.31. The Balaban J connectivity index is 2.86. The van der Waals surface area contributed by atoms with E-state index in [2.05, 4.69) is 10.6 Å². The van der Waals surface area contributed by atoms with Crippen LogP contribution < -0.4 is 10.6 Å². The van der Waals surface area contributed by atoms with Gasteiger partial charge in [-0.3, -0.25) is 14.4 Å². The van der Waals surface area contributed by atoms with E-state index in [0.717, 1.165) is 6.07 Å². The van der Waals surface area contributed by atoms with Gasteiger partial charge in [0.25, 0.3) is 5.91 Å². The van der Waals surface area contributed by atoms with Gasteiger partial charge in [-0.25, -0.2) is 0 Å². The highest BCUT2D eigenvalue weighted by Crippen LogP contribution is 2.16. The van der Waals surface area contributed by atoms with E-state index in [-0.39, 0.29) is 17.9 Å². The number of aliphatic carboxylic acids is 1. The van der Waals surface area contributed by atoms with E-state index in [9.17, 15) is 19.5 Å². The third-order valence-corrected chi connectivity index (χ3v) is 2.36. The summed E-state index contributed by atoms with van der Waals surface area (Å²) in [5, 5.41) is 31.0. The monoisotopic (exact) mass is 282 g/mol. The van der Waals surface area contributed by atoms with Crippen molar-refractivity contribution >= 4 is 17.8 Å². The largest absolute Gasteiger partial charge is 0.508 e. The minimum absolute atomic E-state index is 0.0322. The highest BCUT2D eigenvalue weighted by molar-refractivity contribution is 5.97. The first-order valence-electron chi connectivity index (χ1n) is 5.63. The Labute approximate surface area is 114 Å². The predicted molar refractivity (Wildman–Crippen MR) is 67.0 cm³/mol. The third kappa shape index (κ3) is 4.58. The Morgan fingerprint density at radius 2 is 1.85 bits per heavy atom. The third-order valence-electron chi connectivity index (χ3n) is 2.36. The number of amides is 2. The van der Waals surface area contributed by atoms with Crippen LogP contribution in [0.5, 0.6) is 5.75 Å². The van der Waals surface area contributed by atoms with Gasteiger partial charge in [-0.15, -0.1) is 0 Å². The normalized spacial score (nSPS) is 9.85. The van der Waals surface area contributed by atoms with Crippen molar-refractivity contribution in [3.63, 3.8) is 0 Å². The van der Waals surface area contributed by atoms with Crippen LogP contribution in [0.15, 0.2) is 18.2 Å². The maximum absolute atomic E-state index is 11.8. The number of nitrogens with one attached hydrogen (secondary N) is 2. The summed E-state index contributed by atoms with van der Waals surface area (Å²) in [4.78, 5) is 33.1. The summed E-state index contributed by atoms with van der Waals surface area (Å²) in [5.41, 5.74) is 0.428. The molecular weight excluding hydrogens is 268 g/mol. The summed E-state index contributed by atoms with van der Waals surface area (Å²) in [6.45, 7) is -1.27. The van der Waals surface area contributed by atoms with Crippen LogP contribution in [0.4, 0.5) is 0 Å². The second-order valence-electron chi connectivity index (χ2n) is 3.85. The van der Waals surface area contributed by atoms with Crippen molar-refractivity contribution in [3.05, 3.63) is 29.3 Å². The molecule has 0 unspecified atom stereocenters. The van der Waals surface area contributed by atoms with Gasteiger partial charge < -0.3 is 26.0 Å². The molecule has 1 aromatic carbocycles. The topological polar surface area (TPSA) is 136 Å². The van der Waals surface area contributed by atoms with Crippen molar-refractivity contribution in [1.29, 1.82) is 0 Å². The molecule has 0 spiro atoms. The summed E-state index contributed by atoms with van der Waals surface area (Å²) >= 11 is 0. The van der Waals surface area contributed by atoms with Crippen molar-refractivity contribution in [3.8, 4) is 5.75 Å². The predicted octanol–water partition coefficient (Wildman–Crippen LogP) is -1.18. The van der Waals surface area contributed by atoms with Gasteiger partial charge in [-0.05, 0) is 17.7 Å². The van der Waals surface area contributed by atoms with Crippen LogP contribution in [0.25, 0.3) is 0 Å². The fourth-order valence-corrected chi connectivity index (χ4v) is 1.43. The highest BCUT2D eigenvalue weighted by atomic mass is 16.4. The van der Waals surface area contributed by atoms with E-state index >= 15 is 0 Å². The Bertz CT molecular complexity index is 529. The number of carbonyl (C=O) groups is 3. The second-order valence-corrected chi connectivity index (χ2v) is 3.85. The van der Waals surface area contributed by atoms with Crippen LogP contribution in [0.1, 0.15) is 15.9 Å². The number of phenols is 1. The lowest BCUT2D eigenvalue weighted by atomic mass is 10.1. The van der Waals surface area contributed by atoms with Gasteiger partial charge in [0, 0.05) is 12.1 Å². The lowest BCUT2D eigenvalue weighted by molar-refractivity contribution is -0.135. The molecule has 0 aromatic heterocycles. The Kier molecular flexibility index (Phi) is 5.48. The summed E-state index contributed by atoms with van der Waals surface area (Å²) in [6, 6.07) is 3.91. The van der Waals surface area contributed by atoms with Crippen LogP contribution in [0.2, 0.25) is 0 Å². The Morgan fingerprint density at radius 1 is 1.15 bits per heavy atom. The average molecular weight is 282 g/mol. The zero-order valence-electron chi connectivity index (χ0n) is 10.4. The van der Waals surface area contributed by atoms with Crippen LogP contribution in [0.3, 0.4) is 0 Å². The van der Waals surface area contributed by atoms with Crippen LogP contribution >= 0.6 is 0 Å². The number of aromatic hydroxyl groups is 1. The highest BCUT2D eigenvalue weighted by Gasteiger charge is 2.13. The van der Waals surface area contributed by atoms with Crippen LogP contribution in [0, 0.1) is 0 Å². The fourth-order valence-electron chi connectivity index (χ4n) is 1.43. The maximum atomic E-state index is 11.8. The standard InChI is InChI=1S/C12H14N2O6/c15-6-10(17)13-4-7-1-2-8(16)3-9(7)12(20)14-5-11(18)19/h1-3,15-16H,4-6H2,(H,13,17)(H,14,20)(H,18,19). The maximum Gasteiger partial charge on any atom is 0.322 e. The summed E-state index contributed by atoms with van der Waals surface area (Å²) in [6.07, 6.45) is 0. The number of benzene rings is 1. The summed E-state index contributed by atoms with van der Waals surface area (Å²) in [5.74, 6) is -2.66. The van der Waals surface area contributed by atoms with Crippen molar-refractivity contribution < 1.29 is 29.7 Å². The van der Waals surface area contributed by atoms with E-state index in [4.69, 9.17) is 10.2 Å². The molecule has 2 amide bonds. The number of aliphatic hydroxyl groups excluding tert-OH is 1. The molecule has 20 heavy (non-hydrogen) atoms. The quantitative estimate of drug-likeness (QED) is 0.445. The molecule has 0 aliphatic carbocycles. The smallest absolute Gasteiger partial charge is 0.322 e.